The van der Waals surface area contributed by atoms with Crippen molar-refractivity contribution < 1.29 is 9.53 Å². The summed E-state index contributed by atoms with van der Waals surface area (Å²) in [7, 11) is 0. The normalized spacial score (nSPS) is 26.5. The van der Waals surface area contributed by atoms with Crippen LogP contribution in [0.4, 0.5) is 4.79 Å². The molecule has 0 aromatic rings. The molecule has 0 aromatic carbocycles. The zero-order valence-electron chi connectivity index (χ0n) is 12.4. The zero-order chi connectivity index (χ0) is 13.8. The molecule has 1 aliphatic rings. The van der Waals surface area contributed by atoms with E-state index >= 15 is 0 Å². The van der Waals surface area contributed by atoms with Crippen LogP contribution in [0, 0.1) is 5.92 Å². The van der Waals surface area contributed by atoms with E-state index in [4.69, 9.17) is 4.74 Å². The molecular formula is C14H28N2O2. The molecule has 1 fully saturated rings. The standard InChI is InChI=1S/C14H28N2O2/c1-6-10(2)12-11(8-7-9-15-12)16-13(17)18-14(3,4)5/h10-12,15H,6-9H2,1-5H3,(H,16,17)/t10?,11-,12-/m1/s1. The Bertz CT molecular complexity index is 273. The Kier molecular flexibility index (Phi) is 5.45. The first-order chi connectivity index (χ1) is 8.33. The van der Waals surface area contributed by atoms with Gasteiger partial charge in [0.05, 0.1) is 0 Å². The van der Waals surface area contributed by atoms with Gasteiger partial charge in [0.2, 0.25) is 0 Å². The van der Waals surface area contributed by atoms with E-state index < -0.39 is 5.60 Å². The summed E-state index contributed by atoms with van der Waals surface area (Å²) >= 11 is 0. The number of piperidine rings is 1. The van der Waals surface area contributed by atoms with Crippen LogP contribution in [0.15, 0.2) is 0 Å². The van der Waals surface area contributed by atoms with Gasteiger partial charge in [0, 0.05) is 12.1 Å². The number of nitrogens with one attached hydrogen (secondary N) is 2. The highest BCUT2D eigenvalue weighted by molar-refractivity contribution is 5.68. The van der Waals surface area contributed by atoms with Crippen molar-refractivity contribution in [2.75, 3.05) is 6.54 Å². The topological polar surface area (TPSA) is 50.4 Å². The van der Waals surface area contributed by atoms with Crippen LogP contribution in [-0.4, -0.2) is 30.3 Å². The first kappa shape index (κ1) is 15.3. The van der Waals surface area contributed by atoms with Crippen molar-refractivity contribution in [2.45, 2.75) is 71.6 Å². The van der Waals surface area contributed by atoms with Gasteiger partial charge in [0.15, 0.2) is 0 Å². The maximum absolute atomic E-state index is 11.8. The minimum absolute atomic E-state index is 0.184. The van der Waals surface area contributed by atoms with Crippen molar-refractivity contribution in [3.05, 3.63) is 0 Å². The Morgan fingerprint density at radius 1 is 1.50 bits per heavy atom. The SMILES string of the molecule is CCC(C)[C@H]1NCCC[C@H]1NC(=O)OC(C)(C)C. The highest BCUT2D eigenvalue weighted by Gasteiger charge is 2.30. The van der Waals surface area contributed by atoms with Crippen molar-refractivity contribution in [3.63, 3.8) is 0 Å². The molecule has 1 rings (SSSR count). The fourth-order valence-electron chi connectivity index (χ4n) is 2.39. The van der Waals surface area contributed by atoms with E-state index in [2.05, 4.69) is 24.5 Å². The average molecular weight is 256 g/mol. The van der Waals surface area contributed by atoms with Crippen LogP contribution in [0.3, 0.4) is 0 Å². The molecule has 4 nitrogen and oxygen atoms in total. The molecule has 4 heteroatoms. The summed E-state index contributed by atoms with van der Waals surface area (Å²) < 4.78 is 5.32. The number of hydrogen-bond donors (Lipinski definition) is 2. The van der Waals surface area contributed by atoms with E-state index in [9.17, 15) is 4.79 Å². The molecule has 18 heavy (non-hydrogen) atoms. The highest BCUT2D eigenvalue weighted by Crippen LogP contribution is 2.19. The van der Waals surface area contributed by atoms with Crippen molar-refractivity contribution >= 4 is 6.09 Å². The number of carbonyl (C=O) groups excluding carboxylic acids is 1. The lowest BCUT2D eigenvalue weighted by atomic mass is 9.87. The molecule has 1 amide bonds. The quantitative estimate of drug-likeness (QED) is 0.816. The van der Waals surface area contributed by atoms with Crippen molar-refractivity contribution in [1.29, 1.82) is 0 Å². The number of carbonyl (C=O) groups is 1. The molecule has 106 valence electrons. The smallest absolute Gasteiger partial charge is 0.407 e. The van der Waals surface area contributed by atoms with Crippen molar-refractivity contribution in [2.24, 2.45) is 5.92 Å². The second kappa shape index (κ2) is 6.41. The van der Waals surface area contributed by atoms with Crippen LogP contribution in [-0.2, 0) is 4.74 Å². The molecule has 0 aromatic heterocycles. The maximum atomic E-state index is 11.8. The third-order valence-electron chi connectivity index (χ3n) is 3.46. The Balaban J connectivity index is 2.54. The Morgan fingerprint density at radius 2 is 2.17 bits per heavy atom. The van der Waals surface area contributed by atoms with Crippen LogP contribution in [0.1, 0.15) is 53.9 Å². The largest absolute Gasteiger partial charge is 0.444 e. The summed E-state index contributed by atoms with van der Waals surface area (Å²) in [6, 6.07) is 0.541. The second-order valence-corrected chi connectivity index (χ2v) is 6.26. The van der Waals surface area contributed by atoms with Gasteiger partial charge in [-0.05, 0) is 46.1 Å². The van der Waals surface area contributed by atoms with Crippen LogP contribution >= 0.6 is 0 Å². The van der Waals surface area contributed by atoms with Crippen LogP contribution in [0.2, 0.25) is 0 Å². The fourth-order valence-corrected chi connectivity index (χ4v) is 2.39. The molecule has 1 aliphatic heterocycles. The van der Waals surface area contributed by atoms with Crippen LogP contribution < -0.4 is 10.6 Å². The van der Waals surface area contributed by atoms with E-state index in [0.29, 0.717) is 12.0 Å². The Labute approximate surface area is 111 Å². The summed E-state index contributed by atoms with van der Waals surface area (Å²) in [5, 5.41) is 6.53. The number of ether oxygens (including phenoxy) is 1. The summed E-state index contributed by atoms with van der Waals surface area (Å²) in [5.41, 5.74) is -0.432. The lowest BCUT2D eigenvalue weighted by molar-refractivity contribution is 0.0470. The molecule has 0 spiro atoms. The van der Waals surface area contributed by atoms with E-state index in [-0.39, 0.29) is 12.1 Å². The van der Waals surface area contributed by atoms with Crippen molar-refractivity contribution in [3.8, 4) is 0 Å². The first-order valence-corrected chi connectivity index (χ1v) is 7.06. The lowest BCUT2D eigenvalue weighted by Gasteiger charge is -2.37. The fraction of sp³-hybridized carbons (Fsp3) is 0.929. The molecule has 3 atom stereocenters. The van der Waals surface area contributed by atoms with Crippen LogP contribution in [0.25, 0.3) is 0 Å². The van der Waals surface area contributed by atoms with E-state index in [1.165, 1.54) is 0 Å². The summed E-state index contributed by atoms with van der Waals surface area (Å²) in [6.07, 6.45) is 2.95. The molecule has 0 bridgehead atoms. The predicted molar refractivity (Wildman–Crippen MR) is 73.6 cm³/mol. The van der Waals surface area contributed by atoms with E-state index in [0.717, 1.165) is 25.8 Å². The molecule has 1 saturated heterocycles. The van der Waals surface area contributed by atoms with Crippen LogP contribution in [0.5, 0.6) is 0 Å². The highest BCUT2D eigenvalue weighted by atomic mass is 16.6. The van der Waals surface area contributed by atoms with Gasteiger partial charge in [-0.2, -0.15) is 0 Å². The Morgan fingerprint density at radius 3 is 2.72 bits per heavy atom. The molecule has 0 radical (unpaired) electrons. The second-order valence-electron chi connectivity index (χ2n) is 6.26. The minimum atomic E-state index is -0.432. The summed E-state index contributed by atoms with van der Waals surface area (Å²) in [4.78, 5) is 11.8. The van der Waals surface area contributed by atoms with Crippen molar-refractivity contribution in [1.82, 2.24) is 10.6 Å². The van der Waals surface area contributed by atoms with E-state index in [1.807, 2.05) is 20.8 Å². The predicted octanol–water partition coefficient (Wildman–Crippen LogP) is 2.68. The monoisotopic (exact) mass is 256 g/mol. The van der Waals surface area contributed by atoms with Gasteiger partial charge in [0.1, 0.15) is 5.60 Å². The molecule has 1 heterocycles. The van der Waals surface area contributed by atoms with Gasteiger partial charge in [-0.3, -0.25) is 0 Å². The molecule has 1 unspecified atom stereocenters. The average Bonchev–Trinajstić information content (AvgIpc) is 2.26. The third-order valence-corrected chi connectivity index (χ3v) is 3.46. The lowest BCUT2D eigenvalue weighted by Crippen LogP contribution is -2.56. The first-order valence-electron chi connectivity index (χ1n) is 7.06. The zero-order valence-corrected chi connectivity index (χ0v) is 12.4. The van der Waals surface area contributed by atoms with Gasteiger partial charge in [-0.25, -0.2) is 4.79 Å². The molecule has 0 aliphatic carbocycles. The van der Waals surface area contributed by atoms with Gasteiger partial charge < -0.3 is 15.4 Å². The minimum Gasteiger partial charge on any atom is -0.444 e. The van der Waals surface area contributed by atoms with Gasteiger partial charge >= 0.3 is 6.09 Å². The van der Waals surface area contributed by atoms with Gasteiger partial charge in [-0.1, -0.05) is 20.3 Å². The number of hydrogen-bond acceptors (Lipinski definition) is 3. The number of alkyl carbamates (subject to hydrolysis) is 1. The van der Waals surface area contributed by atoms with E-state index in [1.54, 1.807) is 0 Å². The maximum Gasteiger partial charge on any atom is 0.407 e. The molecule has 2 N–H and O–H groups in total. The summed E-state index contributed by atoms with van der Waals surface area (Å²) in [6.45, 7) is 11.1. The number of amides is 1. The van der Waals surface area contributed by atoms with Gasteiger partial charge in [0.25, 0.3) is 0 Å². The van der Waals surface area contributed by atoms with Gasteiger partial charge in [-0.15, -0.1) is 0 Å². The third kappa shape index (κ3) is 4.84. The molecule has 0 saturated carbocycles. The Hall–Kier alpha value is -0.770. The number of rotatable bonds is 3. The molecular weight excluding hydrogens is 228 g/mol. The summed E-state index contributed by atoms with van der Waals surface area (Å²) in [5.74, 6) is 0.560.